The van der Waals surface area contributed by atoms with Crippen molar-refractivity contribution < 1.29 is 0 Å². The zero-order valence-electron chi connectivity index (χ0n) is 13.0. The van der Waals surface area contributed by atoms with Gasteiger partial charge in [-0.3, -0.25) is 4.79 Å². The van der Waals surface area contributed by atoms with E-state index in [-0.39, 0.29) is 5.56 Å². The highest BCUT2D eigenvalue weighted by Gasteiger charge is 2.16. The van der Waals surface area contributed by atoms with Gasteiger partial charge in [0.1, 0.15) is 5.82 Å². The Kier molecular flexibility index (Phi) is 3.58. The second-order valence-electron chi connectivity index (χ2n) is 6.00. The SMILES string of the molecule is O=c1[nH]c(-c2ccccc2N2CCCCC2)nc2ccccc12. The Morgan fingerprint density at radius 1 is 0.913 bits per heavy atom. The van der Waals surface area contributed by atoms with E-state index in [0.29, 0.717) is 11.2 Å². The Hall–Kier alpha value is -2.62. The number of anilines is 1. The maximum Gasteiger partial charge on any atom is 0.259 e. The molecule has 1 aliphatic rings. The maximum absolute atomic E-state index is 12.4. The number of piperidine rings is 1. The number of benzene rings is 2. The third-order valence-electron chi connectivity index (χ3n) is 4.47. The first kappa shape index (κ1) is 14.0. The van der Waals surface area contributed by atoms with Crippen LogP contribution < -0.4 is 10.5 Å². The molecule has 0 unspecified atom stereocenters. The molecule has 1 saturated heterocycles. The van der Waals surface area contributed by atoms with Gasteiger partial charge < -0.3 is 9.88 Å². The Labute approximate surface area is 134 Å². The third kappa shape index (κ3) is 2.61. The summed E-state index contributed by atoms with van der Waals surface area (Å²) in [5.74, 6) is 0.648. The van der Waals surface area contributed by atoms with Crippen molar-refractivity contribution in [3.63, 3.8) is 0 Å². The van der Waals surface area contributed by atoms with E-state index in [2.05, 4.69) is 20.9 Å². The first-order valence-electron chi connectivity index (χ1n) is 8.16. The van der Waals surface area contributed by atoms with Crippen LogP contribution in [0.1, 0.15) is 19.3 Å². The minimum atomic E-state index is -0.0842. The number of nitrogens with one attached hydrogen (secondary N) is 1. The van der Waals surface area contributed by atoms with E-state index in [4.69, 9.17) is 0 Å². The van der Waals surface area contributed by atoms with Crippen molar-refractivity contribution in [3.8, 4) is 11.4 Å². The van der Waals surface area contributed by atoms with Crippen LogP contribution in [0.4, 0.5) is 5.69 Å². The minimum Gasteiger partial charge on any atom is -0.371 e. The molecule has 4 nitrogen and oxygen atoms in total. The number of hydrogen-bond donors (Lipinski definition) is 1. The molecular weight excluding hydrogens is 286 g/mol. The first-order valence-corrected chi connectivity index (χ1v) is 8.16. The summed E-state index contributed by atoms with van der Waals surface area (Å²) in [6.07, 6.45) is 3.73. The Bertz CT molecular complexity index is 894. The minimum absolute atomic E-state index is 0.0842. The lowest BCUT2D eigenvalue weighted by Crippen LogP contribution is -2.30. The van der Waals surface area contributed by atoms with E-state index in [0.717, 1.165) is 29.9 Å². The van der Waals surface area contributed by atoms with Crippen molar-refractivity contribution in [1.29, 1.82) is 0 Å². The van der Waals surface area contributed by atoms with Crippen molar-refractivity contribution in [2.75, 3.05) is 18.0 Å². The summed E-state index contributed by atoms with van der Waals surface area (Å²) >= 11 is 0. The quantitative estimate of drug-likeness (QED) is 0.787. The predicted octanol–water partition coefficient (Wildman–Crippen LogP) is 3.58. The van der Waals surface area contributed by atoms with Crippen molar-refractivity contribution in [1.82, 2.24) is 9.97 Å². The van der Waals surface area contributed by atoms with Crippen molar-refractivity contribution in [2.45, 2.75) is 19.3 Å². The van der Waals surface area contributed by atoms with Crippen LogP contribution in [0, 0.1) is 0 Å². The molecule has 0 amide bonds. The molecule has 1 fully saturated rings. The van der Waals surface area contributed by atoms with Gasteiger partial charge >= 0.3 is 0 Å². The largest absolute Gasteiger partial charge is 0.371 e. The Balaban J connectivity index is 1.86. The lowest BCUT2D eigenvalue weighted by Gasteiger charge is -2.30. The molecule has 3 aromatic rings. The van der Waals surface area contributed by atoms with Crippen LogP contribution in [0.15, 0.2) is 53.3 Å². The van der Waals surface area contributed by atoms with Crippen LogP contribution in [0.3, 0.4) is 0 Å². The second-order valence-corrected chi connectivity index (χ2v) is 6.00. The summed E-state index contributed by atoms with van der Waals surface area (Å²) in [5.41, 5.74) is 2.81. The number of H-pyrrole nitrogens is 1. The molecule has 0 radical (unpaired) electrons. The van der Waals surface area contributed by atoms with Crippen LogP contribution in [0.25, 0.3) is 22.3 Å². The standard InChI is InChI=1S/C19H19N3O/c23-19-14-8-2-4-10-16(14)20-18(21-19)15-9-3-5-11-17(15)22-12-6-1-7-13-22/h2-5,8-11H,1,6-7,12-13H2,(H,20,21,23). The molecule has 2 heterocycles. The molecular formula is C19H19N3O. The van der Waals surface area contributed by atoms with E-state index >= 15 is 0 Å². The molecule has 0 aliphatic carbocycles. The molecule has 1 aliphatic heterocycles. The highest BCUT2D eigenvalue weighted by Crippen LogP contribution is 2.30. The molecule has 116 valence electrons. The summed E-state index contributed by atoms with van der Waals surface area (Å²) in [4.78, 5) is 22.4. The monoisotopic (exact) mass is 305 g/mol. The summed E-state index contributed by atoms with van der Waals surface area (Å²) in [7, 11) is 0. The average molecular weight is 305 g/mol. The normalized spacial score (nSPS) is 15.0. The fourth-order valence-corrected chi connectivity index (χ4v) is 3.30. The maximum atomic E-state index is 12.4. The van der Waals surface area contributed by atoms with Crippen LogP contribution in [-0.2, 0) is 0 Å². The molecule has 0 saturated carbocycles. The summed E-state index contributed by atoms with van der Waals surface area (Å²) in [6, 6.07) is 15.7. The van der Waals surface area contributed by atoms with E-state index in [1.165, 1.54) is 19.3 Å². The molecule has 4 rings (SSSR count). The van der Waals surface area contributed by atoms with E-state index in [1.54, 1.807) is 0 Å². The van der Waals surface area contributed by atoms with E-state index < -0.39 is 0 Å². The number of para-hydroxylation sites is 2. The van der Waals surface area contributed by atoms with Crippen LogP contribution in [-0.4, -0.2) is 23.1 Å². The number of rotatable bonds is 2. The summed E-state index contributed by atoms with van der Waals surface area (Å²) in [6.45, 7) is 2.13. The molecule has 1 aromatic heterocycles. The van der Waals surface area contributed by atoms with Crippen molar-refractivity contribution >= 4 is 16.6 Å². The fourth-order valence-electron chi connectivity index (χ4n) is 3.30. The van der Waals surface area contributed by atoms with Gasteiger partial charge in [0.05, 0.1) is 10.9 Å². The lowest BCUT2D eigenvalue weighted by molar-refractivity contribution is 0.578. The predicted molar refractivity (Wildman–Crippen MR) is 93.9 cm³/mol. The molecule has 0 spiro atoms. The zero-order valence-corrected chi connectivity index (χ0v) is 13.0. The van der Waals surface area contributed by atoms with Crippen molar-refractivity contribution in [2.24, 2.45) is 0 Å². The van der Waals surface area contributed by atoms with Gasteiger partial charge in [0.25, 0.3) is 5.56 Å². The summed E-state index contributed by atoms with van der Waals surface area (Å²) < 4.78 is 0. The smallest absolute Gasteiger partial charge is 0.259 e. The highest BCUT2D eigenvalue weighted by molar-refractivity contribution is 5.82. The number of aromatic amines is 1. The molecule has 23 heavy (non-hydrogen) atoms. The zero-order chi connectivity index (χ0) is 15.6. The molecule has 0 atom stereocenters. The number of nitrogens with zero attached hydrogens (tertiary/aromatic N) is 2. The number of aromatic nitrogens is 2. The summed E-state index contributed by atoms with van der Waals surface area (Å²) in [5, 5.41) is 0.631. The Morgan fingerprint density at radius 2 is 1.65 bits per heavy atom. The van der Waals surface area contributed by atoms with Gasteiger partial charge in [-0.15, -0.1) is 0 Å². The molecule has 1 N–H and O–H groups in total. The van der Waals surface area contributed by atoms with E-state index in [1.807, 2.05) is 42.5 Å². The van der Waals surface area contributed by atoms with Gasteiger partial charge in [-0.05, 0) is 43.5 Å². The molecule has 0 bridgehead atoms. The van der Waals surface area contributed by atoms with Crippen LogP contribution >= 0.6 is 0 Å². The van der Waals surface area contributed by atoms with Crippen LogP contribution in [0.2, 0.25) is 0 Å². The average Bonchev–Trinajstić information content (AvgIpc) is 2.62. The molecule has 4 heteroatoms. The lowest BCUT2D eigenvalue weighted by atomic mass is 10.1. The second kappa shape index (κ2) is 5.88. The Morgan fingerprint density at radius 3 is 2.52 bits per heavy atom. The molecule has 2 aromatic carbocycles. The van der Waals surface area contributed by atoms with E-state index in [9.17, 15) is 4.79 Å². The third-order valence-corrected chi connectivity index (χ3v) is 4.47. The van der Waals surface area contributed by atoms with Crippen LogP contribution in [0.5, 0.6) is 0 Å². The van der Waals surface area contributed by atoms with Gasteiger partial charge in [-0.25, -0.2) is 4.98 Å². The van der Waals surface area contributed by atoms with Crippen molar-refractivity contribution in [3.05, 3.63) is 58.9 Å². The topological polar surface area (TPSA) is 49.0 Å². The fraction of sp³-hybridized carbons (Fsp3) is 0.263. The number of fused-ring (bicyclic) bond motifs is 1. The van der Waals surface area contributed by atoms with Gasteiger partial charge in [-0.2, -0.15) is 0 Å². The van der Waals surface area contributed by atoms with Gasteiger partial charge in [0, 0.05) is 24.3 Å². The van der Waals surface area contributed by atoms with Gasteiger partial charge in [0.2, 0.25) is 0 Å². The van der Waals surface area contributed by atoms with Gasteiger partial charge in [0.15, 0.2) is 0 Å². The highest BCUT2D eigenvalue weighted by atomic mass is 16.1. The first-order chi connectivity index (χ1) is 11.3. The number of hydrogen-bond acceptors (Lipinski definition) is 3. The van der Waals surface area contributed by atoms with Gasteiger partial charge in [-0.1, -0.05) is 24.3 Å².